The highest BCUT2D eigenvalue weighted by Gasteiger charge is 2.17. The Labute approximate surface area is 112 Å². The fourth-order valence-electron chi connectivity index (χ4n) is 2.45. The van der Waals surface area contributed by atoms with E-state index in [-0.39, 0.29) is 12.7 Å². The first-order chi connectivity index (χ1) is 9.33. The van der Waals surface area contributed by atoms with E-state index in [1.165, 1.54) is 12.8 Å². The summed E-state index contributed by atoms with van der Waals surface area (Å²) < 4.78 is 10.5. The van der Waals surface area contributed by atoms with Crippen LogP contribution in [-0.4, -0.2) is 31.8 Å². The molecule has 3 rings (SSSR count). The second-order valence-corrected chi connectivity index (χ2v) is 4.92. The lowest BCUT2D eigenvalue weighted by Crippen LogP contribution is -2.43. The van der Waals surface area contributed by atoms with Crippen molar-refractivity contribution in [3.63, 3.8) is 0 Å². The molecule has 1 fully saturated rings. The third-order valence-corrected chi connectivity index (χ3v) is 3.56. The molecule has 2 N–H and O–H groups in total. The minimum absolute atomic E-state index is 0.0642. The monoisotopic (exact) mass is 262 g/mol. The summed E-state index contributed by atoms with van der Waals surface area (Å²) in [7, 11) is 0. The van der Waals surface area contributed by atoms with Gasteiger partial charge in [0.15, 0.2) is 11.5 Å². The SMILES string of the molecule is O=C(NCC1CCCCN1)c1ccc2c(c1)OCO2. The van der Waals surface area contributed by atoms with Crippen LogP contribution in [0.1, 0.15) is 29.6 Å². The van der Waals surface area contributed by atoms with Crippen molar-refractivity contribution >= 4 is 5.91 Å². The number of amides is 1. The van der Waals surface area contributed by atoms with Gasteiger partial charge in [0.1, 0.15) is 0 Å². The molecular formula is C14H18N2O3. The van der Waals surface area contributed by atoms with Gasteiger partial charge in [-0.25, -0.2) is 0 Å². The Bertz CT molecular complexity index is 470. The van der Waals surface area contributed by atoms with Crippen LogP contribution in [0.4, 0.5) is 0 Å². The van der Waals surface area contributed by atoms with Crippen LogP contribution >= 0.6 is 0 Å². The Morgan fingerprint density at radius 2 is 2.21 bits per heavy atom. The molecule has 102 valence electrons. The van der Waals surface area contributed by atoms with E-state index < -0.39 is 0 Å². The molecule has 0 aliphatic carbocycles. The third-order valence-electron chi connectivity index (χ3n) is 3.56. The molecule has 1 aromatic rings. The molecule has 1 amide bonds. The van der Waals surface area contributed by atoms with Crippen LogP contribution < -0.4 is 20.1 Å². The molecule has 1 aromatic carbocycles. The van der Waals surface area contributed by atoms with Crippen molar-refractivity contribution in [1.82, 2.24) is 10.6 Å². The number of ether oxygens (including phenoxy) is 2. The van der Waals surface area contributed by atoms with Gasteiger partial charge < -0.3 is 20.1 Å². The van der Waals surface area contributed by atoms with Crippen molar-refractivity contribution < 1.29 is 14.3 Å². The molecule has 19 heavy (non-hydrogen) atoms. The summed E-state index contributed by atoms with van der Waals surface area (Å²) in [6.07, 6.45) is 3.59. The van der Waals surface area contributed by atoms with Crippen molar-refractivity contribution in [2.24, 2.45) is 0 Å². The van der Waals surface area contributed by atoms with Crippen molar-refractivity contribution in [2.75, 3.05) is 19.9 Å². The van der Waals surface area contributed by atoms with Gasteiger partial charge in [-0.15, -0.1) is 0 Å². The summed E-state index contributed by atoms with van der Waals surface area (Å²) in [5.41, 5.74) is 0.611. The normalized spacial score (nSPS) is 21.2. The van der Waals surface area contributed by atoms with Crippen molar-refractivity contribution in [3.05, 3.63) is 23.8 Å². The molecule has 5 heteroatoms. The highest BCUT2D eigenvalue weighted by atomic mass is 16.7. The fourth-order valence-corrected chi connectivity index (χ4v) is 2.45. The summed E-state index contributed by atoms with van der Waals surface area (Å²) in [5, 5.41) is 6.37. The minimum Gasteiger partial charge on any atom is -0.454 e. The van der Waals surface area contributed by atoms with E-state index >= 15 is 0 Å². The minimum atomic E-state index is -0.0642. The maximum atomic E-state index is 12.1. The van der Waals surface area contributed by atoms with Crippen LogP contribution in [0.15, 0.2) is 18.2 Å². The zero-order valence-electron chi connectivity index (χ0n) is 10.8. The first-order valence-electron chi connectivity index (χ1n) is 6.74. The number of carbonyl (C=O) groups excluding carboxylic acids is 1. The van der Waals surface area contributed by atoms with Gasteiger partial charge in [-0.3, -0.25) is 4.79 Å². The summed E-state index contributed by atoms with van der Waals surface area (Å²) in [6.45, 7) is 1.95. The predicted molar refractivity (Wildman–Crippen MR) is 70.5 cm³/mol. The highest BCUT2D eigenvalue weighted by Crippen LogP contribution is 2.32. The van der Waals surface area contributed by atoms with Gasteiger partial charge >= 0.3 is 0 Å². The largest absolute Gasteiger partial charge is 0.454 e. The maximum Gasteiger partial charge on any atom is 0.251 e. The van der Waals surface area contributed by atoms with Gasteiger partial charge in [-0.2, -0.15) is 0 Å². The Morgan fingerprint density at radius 3 is 3.05 bits per heavy atom. The van der Waals surface area contributed by atoms with Crippen LogP contribution in [0.5, 0.6) is 11.5 Å². The zero-order chi connectivity index (χ0) is 13.1. The second-order valence-electron chi connectivity index (χ2n) is 4.92. The van der Waals surface area contributed by atoms with Crippen molar-refractivity contribution in [2.45, 2.75) is 25.3 Å². The standard InChI is InChI=1S/C14H18N2O3/c17-14(16-8-11-3-1-2-6-15-11)10-4-5-12-13(7-10)19-9-18-12/h4-5,7,11,15H,1-3,6,8-9H2,(H,16,17). The molecule has 0 saturated carbocycles. The third kappa shape index (κ3) is 2.81. The lowest BCUT2D eigenvalue weighted by Gasteiger charge is -2.23. The molecule has 0 bridgehead atoms. The molecule has 1 saturated heterocycles. The molecule has 2 heterocycles. The number of nitrogens with one attached hydrogen (secondary N) is 2. The number of hydrogen-bond donors (Lipinski definition) is 2. The maximum absolute atomic E-state index is 12.1. The topological polar surface area (TPSA) is 59.6 Å². The highest BCUT2D eigenvalue weighted by molar-refractivity contribution is 5.94. The molecule has 2 aliphatic rings. The summed E-state index contributed by atoms with van der Waals surface area (Å²) >= 11 is 0. The molecule has 1 unspecified atom stereocenters. The average Bonchev–Trinajstić information content (AvgIpc) is 2.93. The van der Waals surface area contributed by atoms with Gasteiger partial charge in [0.05, 0.1) is 0 Å². The van der Waals surface area contributed by atoms with Gasteiger partial charge in [0.25, 0.3) is 5.91 Å². The number of rotatable bonds is 3. The number of hydrogen-bond acceptors (Lipinski definition) is 4. The Hall–Kier alpha value is -1.75. The van der Waals surface area contributed by atoms with E-state index in [2.05, 4.69) is 10.6 Å². The van der Waals surface area contributed by atoms with E-state index in [0.29, 0.717) is 29.6 Å². The van der Waals surface area contributed by atoms with Crippen molar-refractivity contribution in [3.8, 4) is 11.5 Å². The smallest absolute Gasteiger partial charge is 0.251 e. The summed E-state index contributed by atoms with van der Waals surface area (Å²) in [4.78, 5) is 12.1. The molecular weight excluding hydrogens is 244 g/mol. The van der Waals surface area contributed by atoms with Crippen LogP contribution in [0.3, 0.4) is 0 Å². The number of benzene rings is 1. The summed E-state index contributed by atoms with van der Waals surface area (Å²) in [6, 6.07) is 5.66. The molecule has 0 spiro atoms. The van der Waals surface area contributed by atoms with Gasteiger partial charge in [-0.1, -0.05) is 6.42 Å². The van der Waals surface area contributed by atoms with Crippen LogP contribution in [0.2, 0.25) is 0 Å². The van der Waals surface area contributed by atoms with Gasteiger partial charge in [0.2, 0.25) is 6.79 Å². The molecule has 0 radical (unpaired) electrons. The number of piperidine rings is 1. The number of carbonyl (C=O) groups is 1. The van der Waals surface area contributed by atoms with Crippen LogP contribution in [0.25, 0.3) is 0 Å². The molecule has 2 aliphatic heterocycles. The van der Waals surface area contributed by atoms with E-state index in [1.807, 2.05) is 0 Å². The quantitative estimate of drug-likeness (QED) is 0.861. The number of fused-ring (bicyclic) bond motifs is 1. The van der Waals surface area contributed by atoms with Gasteiger partial charge in [0, 0.05) is 18.2 Å². The van der Waals surface area contributed by atoms with E-state index in [9.17, 15) is 4.79 Å². The lowest BCUT2D eigenvalue weighted by atomic mass is 10.0. The van der Waals surface area contributed by atoms with E-state index in [0.717, 1.165) is 13.0 Å². The predicted octanol–water partition coefficient (Wildman–Crippen LogP) is 1.29. The van der Waals surface area contributed by atoms with Gasteiger partial charge in [-0.05, 0) is 37.6 Å². The zero-order valence-corrected chi connectivity index (χ0v) is 10.8. The lowest BCUT2D eigenvalue weighted by molar-refractivity contribution is 0.0947. The molecule has 0 aromatic heterocycles. The Kier molecular flexibility index (Phi) is 3.55. The first kappa shape index (κ1) is 12.3. The molecule has 1 atom stereocenters. The Balaban J connectivity index is 1.57. The first-order valence-corrected chi connectivity index (χ1v) is 6.74. The van der Waals surface area contributed by atoms with Crippen LogP contribution in [-0.2, 0) is 0 Å². The van der Waals surface area contributed by atoms with Crippen molar-refractivity contribution in [1.29, 1.82) is 0 Å². The second kappa shape index (κ2) is 5.48. The Morgan fingerprint density at radius 1 is 1.32 bits per heavy atom. The molecule has 5 nitrogen and oxygen atoms in total. The summed E-state index contributed by atoms with van der Waals surface area (Å²) in [5.74, 6) is 1.28. The average molecular weight is 262 g/mol. The van der Waals surface area contributed by atoms with E-state index in [4.69, 9.17) is 9.47 Å². The van der Waals surface area contributed by atoms with Crippen LogP contribution in [0, 0.1) is 0 Å². The fraction of sp³-hybridized carbons (Fsp3) is 0.500. The van der Waals surface area contributed by atoms with E-state index in [1.54, 1.807) is 18.2 Å².